The Morgan fingerprint density at radius 1 is 0.864 bits per heavy atom. The maximum atomic E-state index is 13.2. The van der Waals surface area contributed by atoms with Gasteiger partial charge in [-0.3, -0.25) is 9.59 Å². The molecule has 11 nitrogen and oxygen atoms in total. The highest BCUT2D eigenvalue weighted by Crippen LogP contribution is 2.39. The number of carbonyl (C=O) groups excluding carboxylic acids is 3. The summed E-state index contributed by atoms with van der Waals surface area (Å²) in [5.41, 5.74) is 4.54. The van der Waals surface area contributed by atoms with Crippen molar-refractivity contribution >= 4 is 34.9 Å². The Kier molecular flexibility index (Phi) is 10.4. The van der Waals surface area contributed by atoms with Crippen molar-refractivity contribution in [2.45, 2.75) is 51.9 Å². The molecule has 0 bridgehead atoms. The number of anilines is 3. The third kappa shape index (κ3) is 8.09. The van der Waals surface area contributed by atoms with Gasteiger partial charge in [-0.2, -0.15) is 0 Å². The number of carbonyl (C=O) groups is 3. The van der Waals surface area contributed by atoms with Crippen LogP contribution in [0, 0.1) is 6.92 Å². The Bertz CT molecular complexity index is 1440. The van der Waals surface area contributed by atoms with Gasteiger partial charge in [-0.05, 0) is 62.4 Å². The van der Waals surface area contributed by atoms with Crippen molar-refractivity contribution in [1.29, 1.82) is 0 Å². The van der Waals surface area contributed by atoms with Crippen LogP contribution in [0.2, 0.25) is 0 Å². The molecule has 4 N–H and O–H groups in total. The molecule has 3 aromatic rings. The summed E-state index contributed by atoms with van der Waals surface area (Å²) >= 11 is 0. The molecule has 44 heavy (non-hydrogen) atoms. The van der Waals surface area contributed by atoms with Crippen LogP contribution in [0.5, 0.6) is 0 Å². The monoisotopic (exact) mass is 601 g/mol. The molecule has 2 fully saturated rings. The molecule has 5 rings (SSSR count). The molecule has 2 aliphatic rings. The molecule has 4 amide bonds. The van der Waals surface area contributed by atoms with Crippen molar-refractivity contribution in [3.63, 3.8) is 0 Å². The number of hydrogen-bond donors (Lipinski definition) is 4. The van der Waals surface area contributed by atoms with Crippen LogP contribution in [0.15, 0.2) is 53.1 Å². The van der Waals surface area contributed by atoms with Crippen LogP contribution in [0.25, 0.3) is 0 Å². The van der Waals surface area contributed by atoms with E-state index in [1.165, 1.54) is 17.5 Å². The number of oxazole rings is 1. The van der Waals surface area contributed by atoms with Crippen LogP contribution in [0.3, 0.4) is 0 Å². The molecule has 1 saturated carbocycles. The molecule has 1 saturated heterocycles. The number of aromatic nitrogens is 1. The second-order valence-corrected chi connectivity index (χ2v) is 11.4. The van der Waals surface area contributed by atoms with Crippen molar-refractivity contribution < 1.29 is 18.8 Å². The standard InChI is InChI=1S/C33H43N7O4/c1-3-4-14-35-33(43)36-16-7-15-34-30(41)25-12-13-29(40-19-17-39(18-20-40)28-9-6-5-8-23(28)2)26(21-25)37-31(42)27-22-44-32(38-27)24-10-11-24/h5-6,8-9,12-13,21-22,24H,3-4,7,10-11,14-20H2,1-2H3,(H,34,41)(H,37,42)(H2,35,36,43). The van der Waals surface area contributed by atoms with Gasteiger partial charge in [0.05, 0.1) is 11.4 Å². The van der Waals surface area contributed by atoms with E-state index in [9.17, 15) is 14.4 Å². The van der Waals surface area contributed by atoms with Gasteiger partial charge in [0.15, 0.2) is 11.6 Å². The smallest absolute Gasteiger partial charge is 0.314 e. The number of unbranched alkanes of at least 4 members (excludes halogenated alkanes) is 1. The van der Waals surface area contributed by atoms with E-state index in [1.807, 2.05) is 6.07 Å². The molecule has 2 aromatic carbocycles. The Balaban J connectivity index is 1.23. The van der Waals surface area contributed by atoms with E-state index in [1.54, 1.807) is 12.1 Å². The fourth-order valence-electron chi connectivity index (χ4n) is 5.29. The van der Waals surface area contributed by atoms with Gasteiger partial charge >= 0.3 is 6.03 Å². The molecule has 0 radical (unpaired) electrons. The van der Waals surface area contributed by atoms with Crippen LogP contribution in [-0.4, -0.2) is 68.6 Å². The van der Waals surface area contributed by atoms with Gasteiger partial charge in [-0.25, -0.2) is 9.78 Å². The summed E-state index contributed by atoms with van der Waals surface area (Å²) in [4.78, 5) is 47.1. The van der Waals surface area contributed by atoms with Crippen molar-refractivity contribution in [3.05, 3.63) is 71.4 Å². The molecule has 11 heteroatoms. The average molecular weight is 602 g/mol. The van der Waals surface area contributed by atoms with Crippen LogP contribution in [-0.2, 0) is 0 Å². The van der Waals surface area contributed by atoms with Crippen LogP contribution in [0.4, 0.5) is 21.9 Å². The Labute approximate surface area is 258 Å². The van der Waals surface area contributed by atoms with E-state index in [-0.39, 0.29) is 23.5 Å². The predicted molar refractivity (Wildman–Crippen MR) is 172 cm³/mol. The van der Waals surface area contributed by atoms with Crippen molar-refractivity contribution in [2.24, 2.45) is 0 Å². The first-order valence-electron chi connectivity index (χ1n) is 15.7. The molecular weight excluding hydrogens is 558 g/mol. The molecule has 0 spiro atoms. The minimum atomic E-state index is -0.374. The first-order valence-corrected chi connectivity index (χ1v) is 15.7. The number of hydrogen-bond acceptors (Lipinski definition) is 7. The zero-order chi connectivity index (χ0) is 30.9. The first kappa shape index (κ1) is 30.9. The van der Waals surface area contributed by atoms with Gasteiger partial charge in [-0.15, -0.1) is 0 Å². The van der Waals surface area contributed by atoms with Gasteiger partial charge in [0.2, 0.25) is 0 Å². The molecule has 2 heterocycles. The lowest BCUT2D eigenvalue weighted by molar-refractivity contribution is 0.0952. The van der Waals surface area contributed by atoms with Crippen LogP contribution in [0.1, 0.15) is 77.2 Å². The SMILES string of the molecule is CCCCNC(=O)NCCCNC(=O)c1ccc(N2CCN(c3ccccc3C)CC2)c(NC(=O)c2coc(C3CC3)n2)c1. The number of piperazine rings is 1. The zero-order valence-electron chi connectivity index (χ0n) is 25.7. The summed E-state index contributed by atoms with van der Waals surface area (Å²) in [5, 5.41) is 11.5. The van der Waals surface area contributed by atoms with Gasteiger partial charge in [0.1, 0.15) is 6.26 Å². The van der Waals surface area contributed by atoms with Crippen molar-refractivity contribution in [2.75, 3.05) is 60.9 Å². The Hall–Kier alpha value is -4.54. The number of amides is 4. The summed E-state index contributed by atoms with van der Waals surface area (Å²) in [6.07, 6.45) is 6.01. The molecular formula is C33H43N7O4. The topological polar surface area (TPSA) is 132 Å². The maximum absolute atomic E-state index is 13.2. The second kappa shape index (κ2) is 14.8. The number of nitrogens with one attached hydrogen (secondary N) is 4. The number of aryl methyl sites for hydroxylation is 1. The second-order valence-electron chi connectivity index (χ2n) is 11.4. The van der Waals surface area contributed by atoms with Gasteiger partial charge in [0.25, 0.3) is 11.8 Å². The lowest BCUT2D eigenvalue weighted by Crippen LogP contribution is -2.47. The maximum Gasteiger partial charge on any atom is 0.314 e. The van der Waals surface area contributed by atoms with E-state index >= 15 is 0 Å². The normalized spacial score (nSPS) is 14.7. The lowest BCUT2D eigenvalue weighted by atomic mass is 10.1. The minimum absolute atomic E-state index is 0.197. The molecule has 1 aliphatic carbocycles. The van der Waals surface area contributed by atoms with Crippen LogP contribution >= 0.6 is 0 Å². The molecule has 1 aromatic heterocycles. The van der Waals surface area contributed by atoms with Crippen molar-refractivity contribution in [3.8, 4) is 0 Å². The van der Waals surface area contributed by atoms with Crippen LogP contribution < -0.4 is 31.1 Å². The number of rotatable bonds is 13. The lowest BCUT2D eigenvalue weighted by Gasteiger charge is -2.38. The number of urea groups is 1. The third-order valence-electron chi connectivity index (χ3n) is 8.01. The summed E-state index contributed by atoms with van der Waals surface area (Å²) in [7, 11) is 0. The number of para-hydroxylation sites is 1. The molecule has 234 valence electrons. The van der Waals surface area contributed by atoms with E-state index < -0.39 is 0 Å². The van der Waals surface area contributed by atoms with E-state index in [0.717, 1.165) is 57.5 Å². The Morgan fingerprint density at radius 2 is 1.55 bits per heavy atom. The molecule has 1 aliphatic heterocycles. The summed E-state index contributed by atoms with van der Waals surface area (Å²) < 4.78 is 5.54. The minimum Gasteiger partial charge on any atom is -0.448 e. The summed E-state index contributed by atoms with van der Waals surface area (Å²) in [5.74, 6) is 0.278. The first-order chi connectivity index (χ1) is 21.4. The summed E-state index contributed by atoms with van der Waals surface area (Å²) in [6.45, 7) is 8.89. The highest BCUT2D eigenvalue weighted by Gasteiger charge is 2.30. The molecule has 0 unspecified atom stereocenters. The van der Waals surface area contributed by atoms with Gasteiger partial charge < -0.3 is 35.5 Å². The Morgan fingerprint density at radius 3 is 2.25 bits per heavy atom. The zero-order valence-corrected chi connectivity index (χ0v) is 25.7. The average Bonchev–Trinajstić information content (AvgIpc) is 3.77. The van der Waals surface area contributed by atoms with Gasteiger partial charge in [0, 0.05) is 63.0 Å². The fourth-order valence-corrected chi connectivity index (χ4v) is 5.29. The molecule has 0 atom stereocenters. The quantitative estimate of drug-likeness (QED) is 0.210. The van der Waals surface area contributed by atoms with E-state index in [4.69, 9.17) is 4.42 Å². The van der Waals surface area contributed by atoms with E-state index in [0.29, 0.717) is 49.1 Å². The number of nitrogens with zero attached hydrogens (tertiary/aromatic N) is 3. The third-order valence-corrected chi connectivity index (χ3v) is 8.01. The fraction of sp³-hybridized carbons (Fsp3) is 0.455. The highest BCUT2D eigenvalue weighted by molar-refractivity contribution is 6.06. The largest absolute Gasteiger partial charge is 0.448 e. The highest BCUT2D eigenvalue weighted by atomic mass is 16.3. The van der Waals surface area contributed by atoms with E-state index in [2.05, 4.69) is 74.2 Å². The summed E-state index contributed by atoms with van der Waals surface area (Å²) in [6, 6.07) is 13.6. The number of benzene rings is 2. The van der Waals surface area contributed by atoms with Crippen molar-refractivity contribution in [1.82, 2.24) is 20.9 Å². The predicted octanol–water partition coefficient (Wildman–Crippen LogP) is 4.66. The van der Waals surface area contributed by atoms with Gasteiger partial charge in [-0.1, -0.05) is 31.5 Å².